The summed E-state index contributed by atoms with van der Waals surface area (Å²) in [6.07, 6.45) is 1.06. The predicted molar refractivity (Wildman–Crippen MR) is 126 cm³/mol. The van der Waals surface area contributed by atoms with Gasteiger partial charge in [0.15, 0.2) is 0 Å². The van der Waals surface area contributed by atoms with Gasteiger partial charge in [0.05, 0.1) is 16.9 Å². The summed E-state index contributed by atoms with van der Waals surface area (Å²) in [5, 5.41) is 11.8. The van der Waals surface area contributed by atoms with Crippen LogP contribution in [0, 0.1) is 0 Å². The summed E-state index contributed by atoms with van der Waals surface area (Å²) in [5.41, 5.74) is -0.662. The minimum atomic E-state index is -3.68. The summed E-state index contributed by atoms with van der Waals surface area (Å²) in [4.78, 5) is 1.03. The van der Waals surface area contributed by atoms with E-state index >= 15 is 0 Å². The Morgan fingerprint density at radius 2 is 1.87 bits per heavy atom. The van der Waals surface area contributed by atoms with Crippen molar-refractivity contribution < 1.29 is 18.3 Å². The molecule has 2 aromatic rings. The van der Waals surface area contributed by atoms with E-state index in [9.17, 15) is 13.5 Å². The molecule has 0 aromatic heterocycles. The number of alkyl halides is 1. The molecule has 0 heterocycles. The topological polar surface area (TPSA) is 78.9 Å². The predicted octanol–water partition coefficient (Wildman–Crippen LogP) is 3.37. The second kappa shape index (κ2) is 10.1. The minimum absolute atomic E-state index is 0. The SMILES string of the molecule is COc1cccc(C2(O)CCC(NS(=O)(=O)c3ccccc3)CC2(Cl)CN(C)C)c1.Cl. The van der Waals surface area contributed by atoms with Crippen molar-refractivity contribution in [1.29, 1.82) is 0 Å². The lowest BCUT2D eigenvalue weighted by Gasteiger charge is -2.50. The van der Waals surface area contributed by atoms with Crippen LogP contribution >= 0.6 is 24.0 Å². The molecule has 172 valence electrons. The van der Waals surface area contributed by atoms with Crippen molar-refractivity contribution in [2.24, 2.45) is 0 Å². The molecule has 0 radical (unpaired) electrons. The highest BCUT2D eigenvalue weighted by Crippen LogP contribution is 2.49. The molecule has 2 aromatic carbocycles. The van der Waals surface area contributed by atoms with Crippen LogP contribution in [0.4, 0.5) is 0 Å². The van der Waals surface area contributed by atoms with Crippen LogP contribution in [0.3, 0.4) is 0 Å². The van der Waals surface area contributed by atoms with Gasteiger partial charge >= 0.3 is 0 Å². The molecule has 1 fully saturated rings. The molecule has 1 saturated carbocycles. The van der Waals surface area contributed by atoms with E-state index in [2.05, 4.69) is 4.72 Å². The number of hydrogen-bond donors (Lipinski definition) is 2. The van der Waals surface area contributed by atoms with Gasteiger partial charge in [-0.15, -0.1) is 24.0 Å². The molecule has 6 nitrogen and oxygen atoms in total. The summed E-state index contributed by atoms with van der Waals surface area (Å²) in [7, 11) is 1.67. The third kappa shape index (κ3) is 5.53. The Morgan fingerprint density at radius 1 is 1.19 bits per heavy atom. The van der Waals surface area contributed by atoms with Crippen LogP contribution in [0.15, 0.2) is 59.5 Å². The Morgan fingerprint density at radius 3 is 2.48 bits per heavy atom. The third-order valence-electron chi connectivity index (χ3n) is 5.66. The Hall–Kier alpha value is -1.35. The van der Waals surface area contributed by atoms with E-state index in [1.165, 1.54) is 0 Å². The smallest absolute Gasteiger partial charge is 0.240 e. The lowest BCUT2D eigenvalue weighted by atomic mass is 9.69. The fourth-order valence-electron chi connectivity index (χ4n) is 4.24. The fraction of sp³-hybridized carbons (Fsp3) is 0.455. The third-order valence-corrected chi connectivity index (χ3v) is 7.78. The number of nitrogens with one attached hydrogen (secondary N) is 1. The summed E-state index contributed by atoms with van der Waals surface area (Å²) in [6.45, 7) is 0.381. The molecule has 0 bridgehead atoms. The molecule has 3 rings (SSSR count). The van der Waals surface area contributed by atoms with E-state index in [0.29, 0.717) is 30.7 Å². The normalized spacial score (nSPS) is 26.3. The first-order valence-corrected chi connectivity index (χ1v) is 11.7. The number of ether oxygens (including phenoxy) is 1. The first-order chi connectivity index (χ1) is 14.1. The van der Waals surface area contributed by atoms with Crippen LogP contribution < -0.4 is 9.46 Å². The first-order valence-electron chi connectivity index (χ1n) is 9.88. The second-order valence-corrected chi connectivity index (χ2v) is 10.6. The van der Waals surface area contributed by atoms with Crippen molar-refractivity contribution in [3.63, 3.8) is 0 Å². The molecule has 9 heteroatoms. The highest BCUT2D eigenvalue weighted by molar-refractivity contribution is 7.89. The van der Waals surface area contributed by atoms with Crippen molar-refractivity contribution >= 4 is 34.0 Å². The van der Waals surface area contributed by atoms with Gasteiger partial charge in [-0.1, -0.05) is 30.3 Å². The molecule has 0 aliphatic heterocycles. The van der Waals surface area contributed by atoms with Crippen LogP contribution in [0.5, 0.6) is 5.75 Å². The standard InChI is InChI=1S/C22H29ClN2O4S.ClH/c1-25(2)16-21(23)15-18(24-30(27,28)20-10-5-4-6-11-20)12-13-22(21,26)17-8-7-9-19(14-17)29-3;/h4-11,14,18,24,26H,12-13,15-16H2,1-3H3;1H. The molecule has 0 amide bonds. The van der Waals surface area contributed by atoms with Gasteiger partial charge in [-0.3, -0.25) is 0 Å². The average Bonchev–Trinajstić information content (AvgIpc) is 2.70. The number of benzene rings is 2. The van der Waals surface area contributed by atoms with E-state index < -0.39 is 26.5 Å². The largest absolute Gasteiger partial charge is 0.497 e. The van der Waals surface area contributed by atoms with Gasteiger partial charge in [0, 0.05) is 12.6 Å². The Balaban J connectivity index is 0.00000341. The lowest BCUT2D eigenvalue weighted by Crippen LogP contribution is -2.60. The first kappa shape index (κ1) is 25.9. The number of sulfonamides is 1. The highest BCUT2D eigenvalue weighted by Gasteiger charge is 2.55. The van der Waals surface area contributed by atoms with Crippen LogP contribution in [-0.4, -0.2) is 57.1 Å². The van der Waals surface area contributed by atoms with Crippen LogP contribution in [0.25, 0.3) is 0 Å². The van der Waals surface area contributed by atoms with E-state index in [1.807, 2.05) is 37.2 Å². The molecular weight excluding hydrogens is 459 g/mol. The van der Waals surface area contributed by atoms with Gasteiger partial charge in [-0.2, -0.15) is 0 Å². The molecule has 3 unspecified atom stereocenters. The maximum Gasteiger partial charge on any atom is 0.240 e. The zero-order chi connectivity index (χ0) is 22.0. The molecule has 1 aliphatic carbocycles. The Labute approximate surface area is 196 Å². The Kier molecular flexibility index (Phi) is 8.41. The highest BCUT2D eigenvalue weighted by atomic mass is 35.5. The van der Waals surface area contributed by atoms with E-state index in [0.717, 1.165) is 0 Å². The fourth-order valence-corrected chi connectivity index (χ4v) is 6.16. The number of nitrogens with zero attached hydrogens (tertiary/aromatic N) is 1. The Bertz CT molecular complexity index is 974. The molecule has 3 atom stereocenters. The van der Waals surface area contributed by atoms with Gasteiger partial charge in [0.2, 0.25) is 10.0 Å². The van der Waals surface area contributed by atoms with E-state index in [4.69, 9.17) is 16.3 Å². The van der Waals surface area contributed by atoms with E-state index in [-0.39, 0.29) is 23.7 Å². The molecule has 2 N–H and O–H groups in total. The number of aliphatic hydroxyl groups is 1. The second-order valence-electron chi connectivity index (χ2n) is 8.17. The van der Waals surface area contributed by atoms with Gasteiger partial charge < -0.3 is 14.7 Å². The zero-order valence-electron chi connectivity index (χ0n) is 17.9. The number of methoxy groups -OCH3 is 1. The maximum absolute atomic E-state index is 12.8. The molecular formula is C22H30Cl2N2O4S. The average molecular weight is 489 g/mol. The lowest BCUT2D eigenvalue weighted by molar-refractivity contribution is -0.0517. The van der Waals surface area contributed by atoms with Crippen molar-refractivity contribution in [2.75, 3.05) is 27.7 Å². The minimum Gasteiger partial charge on any atom is -0.497 e. The summed E-state index contributed by atoms with van der Waals surface area (Å²) >= 11 is 7.11. The van der Waals surface area contributed by atoms with Crippen LogP contribution in [-0.2, 0) is 15.6 Å². The van der Waals surface area contributed by atoms with Crippen molar-refractivity contribution in [3.8, 4) is 5.75 Å². The van der Waals surface area contributed by atoms with Crippen molar-refractivity contribution in [2.45, 2.75) is 40.7 Å². The van der Waals surface area contributed by atoms with Gasteiger partial charge in [0.1, 0.15) is 11.4 Å². The maximum atomic E-state index is 12.8. The molecule has 1 aliphatic rings. The summed E-state index contributed by atoms with van der Waals surface area (Å²) in [6, 6.07) is 15.1. The number of hydrogen-bond acceptors (Lipinski definition) is 5. The van der Waals surface area contributed by atoms with Gasteiger partial charge in [0.25, 0.3) is 0 Å². The molecule has 0 spiro atoms. The summed E-state index contributed by atoms with van der Waals surface area (Å²) in [5.74, 6) is 0.636. The number of halogens is 2. The van der Waals surface area contributed by atoms with Crippen molar-refractivity contribution in [1.82, 2.24) is 9.62 Å². The quantitative estimate of drug-likeness (QED) is 0.584. The van der Waals surface area contributed by atoms with Crippen LogP contribution in [0.2, 0.25) is 0 Å². The monoisotopic (exact) mass is 488 g/mol. The molecule has 31 heavy (non-hydrogen) atoms. The molecule has 0 saturated heterocycles. The van der Waals surface area contributed by atoms with Gasteiger partial charge in [-0.25, -0.2) is 13.1 Å². The van der Waals surface area contributed by atoms with Gasteiger partial charge in [-0.05, 0) is 63.2 Å². The summed E-state index contributed by atoms with van der Waals surface area (Å²) < 4.78 is 33.7. The van der Waals surface area contributed by atoms with Crippen LogP contribution in [0.1, 0.15) is 24.8 Å². The van der Waals surface area contributed by atoms with E-state index in [1.54, 1.807) is 43.5 Å². The zero-order valence-corrected chi connectivity index (χ0v) is 20.3. The number of rotatable bonds is 7. The van der Waals surface area contributed by atoms with Crippen molar-refractivity contribution in [3.05, 3.63) is 60.2 Å².